The van der Waals surface area contributed by atoms with Gasteiger partial charge in [0, 0.05) is 11.8 Å². The highest BCUT2D eigenvalue weighted by atomic mass is 16.5. The molecule has 2 N–H and O–H groups in total. The lowest BCUT2D eigenvalue weighted by Gasteiger charge is -2.19. The normalized spacial score (nSPS) is 11.4. The molecule has 1 atom stereocenters. The molecule has 1 amide bonds. The first-order chi connectivity index (χ1) is 12.7. The Balaban J connectivity index is 1.81. The Morgan fingerprint density at radius 3 is 2.54 bits per heavy atom. The summed E-state index contributed by atoms with van der Waals surface area (Å²) in [6.07, 6.45) is 0.356. The van der Waals surface area contributed by atoms with E-state index in [1.807, 2.05) is 54.6 Å². The van der Waals surface area contributed by atoms with E-state index in [1.54, 1.807) is 13.0 Å². The summed E-state index contributed by atoms with van der Waals surface area (Å²) in [5, 5.41) is 18.6. The zero-order valence-corrected chi connectivity index (χ0v) is 14.3. The van der Waals surface area contributed by atoms with Gasteiger partial charge in [-0.05, 0) is 30.2 Å². The summed E-state index contributed by atoms with van der Waals surface area (Å²) in [6.45, 7) is 1.76. The zero-order valence-electron chi connectivity index (χ0n) is 14.3. The Labute approximate surface area is 151 Å². The molecule has 0 aliphatic carbocycles. The van der Waals surface area contributed by atoms with Crippen molar-refractivity contribution >= 4 is 17.4 Å². The molecule has 0 aliphatic heterocycles. The molecule has 2 aromatic carbocycles. The Kier molecular flexibility index (Phi) is 5.30. The minimum atomic E-state index is -0.602. The number of hydrogen-bond donors (Lipinski definition) is 2. The predicted molar refractivity (Wildman–Crippen MR) is 98.4 cm³/mol. The van der Waals surface area contributed by atoms with Gasteiger partial charge in [-0.15, -0.1) is 0 Å². The second-order valence-corrected chi connectivity index (χ2v) is 5.83. The zero-order chi connectivity index (χ0) is 18.4. The summed E-state index contributed by atoms with van der Waals surface area (Å²) in [5.41, 5.74) is 2.54. The van der Waals surface area contributed by atoms with Crippen molar-refractivity contribution in [1.29, 1.82) is 5.26 Å². The van der Waals surface area contributed by atoms with E-state index in [0.29, 0.717) is 18.0 Å². The van der Waals surface area contributed by atoms with Gasteiger partial charge in [-0.3, -0.25) is 4.79 Å². The molecule has 0 bridgehead atoms. The number of aromatic nitrogens is 1. The predicted octanol–water partition coefficient (Wildman–Crippen LogP) is 3.84. The molecule has 26 heavy (non-hydrogen) atoms. The van der Waals surface area contributed by atoms with Gasteiger partial charge in [0.15, 0.2) is 5.82 Å². The van der Waals surface area contributed by atoms with Crippen molar-refractivity contribution in [3.8, 4) is 6.07 Å². The van der Waals surface area contributed by atoms with Gasteiger partial charge in [0.1, 0.15) is 11.8 Å². The summed E-state index contributed by atoms with van der Waals surface area (Å²) < 4.78 is 4.99. The number of amides is 1. The van der Waals surface area contributed by atoms with E-state index < -0.39 is 6.04 Å². The van der Waals surface area contributed by atoms with Crippen LogP contribution in [0.3, 0.4) is 0 Å². The third kappa shape index (κ3) is 4.28. The number of anilines is 2. The SMILES string of the molecule is Cc1cc(NC(=O)C(Nc2ccc(CC#N)cc2)c2ccccc2)no1. The molecule has 0 saturated carbocycles. The molecule has 0 saturated heterocycles. The van der Waals surface area contributed by atoms with Crippen molar-refractivity contribution in [3.05, 3.63) is 77.6 Å². The van der Waals surface area contributed by atoms with Crippen LogP contribution in [0.15, 0.2) is 65.2 Å². The smallest absolute Gasteiger partial charge is 0.252 e. The molecule has 3 aromatic rings. The highest BCUT2D eigenvalue weighted by molar-refractivity contribution is 5.96. The van der Waals surface area contributed by atoms with Gasteiger partial charge in [0.2, 0.25) is 0 Å². The van der Waals surface area contributed by atoms with Crippen LogP contribution in [-0.2, 0) is 11.2 Å². The molecular weight excluding hydrogens is 328 g/mol. The average Bonchev–Trinajstić information content (AvgIpc) is 3.06. The summed E-state index contributed by atoms with van der Waals surface area (Å²) >= 11 is 0. The molecule has 0 spiro atoms. The number of aryl methyl sites for hydroxylation is 1. The molecule has 0 aliphatic rings. The van der Waals surface area contributed by atoms with Crippen molar-refractivity contribution < 1.29 is 9.32 Å². The van der Waals surface area contributed by atoms with Crippen molar-refractivity contribution in [1.82, 2.24) is 5.16 Å². The minimum absolute atomic E-state index is 0.245. The molecule has 3 rings (SSSR count). The maximum Gasteiger partial charge on any atom is 0.252 e. The molecule has 1 heterocycles. The van der Waals surface area contributed by atoms with Crippen LogP contribution in [0.2, 0.25) is 0 Å². The van der Waals surface area contributed by atoms with E-state index in [2.05, 4.69) is 21.9 Å². The van der Waals surface area contributed by atoms with E-state index in [-0.39, 0.29) is 5.91 Å². The fourth-order valence-electron chi connectivity index (χ4n) is 2.55. The number of carbonyl (C=O) groups is 1. The maximum absolute atomic E-state index is 12.8. The first kappa shape index (κ1) is 17.2. The average molecular weight is 346 g/mol. The lowest BCUT2D eigenvalue weighted by Crippen LogP contribution is -2.27. The van der Waals surface area contributed by atoms with Crippen LogP contribution in [0.5, 0.6) is 0 Å². The summed E-state index contributed by atoms with van der Waals surface area (Å²) in [4.78, 5) is 12.8. The summed E-state index contributed by atoms with van der Waals surface area (Å²) in [5.74, 6) is 0.753. The van der Waals surface area contributed by atoms with Crippen LogP contribution in [0, 0.1) is 18.3 Å². The molecule has 1 unspecified atom stereocenters. The van der Waals surface area contributed by atoms with Crippen LogP contribution in [-0.4, -0.2) is 11.1 Å². The molecule has 130 valence electrons. The number of benzene rings is 2. The quantitative estimate of drug-likeness (QED) is 0.707. The molecule has 0 fully saturated rings. The highest BCUT2D eigenvalue weighted by Crippen LogP contribution is 2.22. The topological polar surface area (TPSA) is 91.0 Å². The van der Waals surface area contributed by atoms with Crippen LogP contribution >= 0.6 is 0 Å². The van der Waals surface area contributed by atoms with Gasteiger partial charge in [-0.25, -0.2) is 0 Å². The van der Waals surface area contributed by atoms with Crippen LogP contribution in [0.1, 0.15) is 22.9 Å². The van der Waals surface area contributed by atoms with Crippen molar-refractivity contribution in [3.63, 3.8) is 0 Å². The lowest BCUT2D eigenvalue weighted by molar-refractivity contribution is -0.117. The molecule has 1 aromatic heterocycles. The monoisotopic (exact) mass is 346 g/mol. The minimum Gasteiger partial charge on any atom is -0.370 e. The largest absolute Gasteiger partial charge is 0.370 e. The van der Waals surface area contributed by atoms with Gasteiger partial charge in [-0.1, -0.05) is 47.6 Å². The first-order valence-corrected chi connectivity index (χ1v) is 8.17. The molecule has 0 radical (unpaired) electrons. The van der Waals surface area contributed by atoms with E-state index in [9.17, 15) is 4.79 Å². The van der Waals surface area contributed by atoms with Crippen molar-refractivity contribution in [2.24, 2.45) is 0 Å². The summed E-state index contributed by atoms with van der Waals surface area (Å²) in [6, 6.07) is 20.1. The molecule has 6 heteroatoms. The number of nitrogens with zero attached hydrogens (tertiary/aromatic N) is 2. The third-order valence-corrected chi connectivity index (χ3v) is 3.82. The number of carbonyl (C=O) groups excluding carboxylic acids is 1. The fraction of sp³-hybridized carbons (Fsp3) is 0.150. The Bertz CT molecular complexity index is 911. The molecule has 6 nitrogen and oxygen atoms in total. The van der Waals surface area contributed by atoms with Crippen LogP contribution < -0.4 is 10.6 Å². The van der Waals surface area contributed by atoms with Crippen molar-refractivity contribution in [2.75, 3.05) is 10.6 Å². The lowest BCUT2D eigenvalue weighted by atomic mass is 10.1. The maximum atomic E-state index is 12.8. The second-order valence-electron chi connectivity index (χ2n) is 5.83. The van der Waals surface area contributed by atoms with Crippen molar-refractivity contribution in [2.45, 2.75) is 19.4 Å². The van der Waals surface area contributed by atoms with Gasteiger partial charge >= 0.3 is 0 Å². The standard InChI is InChI=1S/C20H18N4O2/c1-14-13-18(24-26-14)23-20(25)19(16-5-3-2-4-6-16)22-17-9-7-15(8-10-17)11-12-21/h2-10,13,19,22H,11H2,1H3,(H,23,24,25). The fourth-order valence-corrected chi connectivity index (χ4v) is 2.55. The van der Waals surface area contributed by atoms with E-state index in [0.717, 1.165) is 16.8 Å². The Hall–Kier alpha value is -3.59. The number of nitrogens with one attached hydrogen (secondary N) is 2. The van der Waals surface area contributed by atoms with Crippen LogP contribution in [0.4, 0.5) is 11.5 Å². The van der Waals surface area contributed by atoms with Gasteiger partial charge in [0.25, 0.3) is 5.91 Å². The Morgan fingerprint density at radius 1 is 1.19 bits per heavy atom. The number of rotatable bonds is 6. The second kappa shape index (κ2) is 7.99. The van der Waals surface area contributed by atoms with Gasteiger partial charge in [0.05, 0.1) is 12.5 Å². The van der Waals surface area contributed by atoms with Crippen LogP contribution in [0.25, 0.3) is 0 Å². The molecular formula is C20H18N4O2. The summed E-state index contributed by atoms with van der Waals surface area (Å²) in [7, 11) is 0. The first-order valence-electron chi connectivity index (χ1n) is 8.17. The third-order valence-electron chi connectivity index (χ3n) is 3.82. The van der Waals surface area contributed by atoms with Gasteiger partial charge in [-0.2, -0.15) is 5.26 Å². The highest BCUT2D eigenvalue weighted by Gasteiger charge is 2.21. The number of hydrogen-bond acceptors (Lipinski definition) is 5. The van der Waals surface area contributed by atoms with E-state index in [1.165, 1.54) is 0 Å². The van der Waals surface area contributed by atoms with E-state index in [4.69, 9.17) is 9.78 Å². The van der Waals surface area contributed by atoms with E-state index >= 15 is 0 Å². The Morgan fingerprint density at radius 2 is 1.92 bits per heavy atom. The number of nitriles is 1. The van der Waals surface area contributed by atoms with Gasteiger partial charge < -0.3 is 15.2 Å².